The third-order valence-corrected chi connectivity index (χ3v) is 5.28. The third kappa shape index (κ3) is 2.93. The van der Waals surface area contributed by atoms with Gasteiger partial charge in [0.05, 0.1) is 6.33 Å². The molecule has 0 saturated heterocycles. The van der Waals surface area contributed by atoms with Crippen LogP contribution in [0.3, 0.4) is 0 Å². The molecule has 0 radical (unpaired) electrons. The number of aromatic nitrogens is 2. The van der Waals surface area contributed by atoms with Crippen LogP contribution in [0.25, 0.3) is 0 Å². The van der Waals surface area contributed by atoms with E-state index in [0.717, 1.165) is 18.4 Å². The van der Waals surface area contributed by atoms with E-state index >= 15 is 0 Å². The van der Waals surface area contributed by atoms with Crippen LogP contribution in [0.15, 0.2) is 41.8 Å². The number of nitrogens with zero attached hydrogens (tertiary/aromatic N) is 3. The number of imidazole rings is 1. The van der Waals surface area contributed by atoms with Gasteiger partial charge in [0.15, 0.2) is 5.03 Å². The Balaban J connectivity index is 1.91. The lowest BCUT2D eigenvalue weighted by Crippen LogP contribution is -2.33. The van der Waals surface area contributed by atoms with Crippen molar-refractivity contribution in [2.75, 3.05) is 5.73 Å². The molecule has 7 heteroatoms. The Labute approximate surface area is 124 Å². The average Bonchev–Trinajstić information content (AvgIpc) is 3.16. The van der Waals surface area contributed by atoms with Gasteiger partial charge in [-0.3, -0.25) is 0 Å². The molecule has 1 aliphatic carbocycles. The van der Waals surface area contributed by atoms with E-state index in [9.17, 15) is 8.42 Å². The Kier molecular flexibility index (Phi) is 3.46. The van der Waals surface area contributed by atoms with Gasteiger partial charge in [0.1, 0.15) is 0 Å². The molecular weight excluding hydrogens is 288 g/mol. The van der Waals surface area contributed by atoms with Crippen molar-refractivity contribution in [3.05, 3.63) is 42.4 Å². The predicted octanol–water partition coefficient (Wildman–Crippen LogP) is 1.36. The molecule has 0 spiro atoms. The zero-order valence-electron chi connectivity index (χ0n) is 11.8. The van der Waals surface area contributed by atoms with Crippen LogP contribution in [0.5, 0.6) is 0 Å². The van der Waals surface area contributed by atoms with Crippen molar-refractivity contribution in [3.8, 4) is 0 Å². The topological polar surface area (TPSA) is 81.2 Å². The Morgan fingerprint density at radius 2 is 2.19 bits per heavy atom. The van der Waals surface area contributed by atoms with Gasteiger partial charge in [0, 0.05) is 31.5 Å². The normalized spacial score (nSPS) is 15.5. The fourth-order valence-corrected chi connectivity index (χ4v) is 3.93. The first kappa shape index (κ1) is 14.1. The molecule has 1 saturated carbocycles. The summed E-state index contributed by atoms with van der Waals surface area (Å²) in [6.07, 6.45) is 4.82. The van der Waals surface area contributed by atoms with Crippen LogP contribution in [0, 0.1) is 0 Å². The second kappa shape index (κ2) is 5.16. The van der Waals surface area contributed by atoms with Crippen molar-refractivity contribution < 1.29 is 8.42 Å². The Bertz CT molecular complexity index is 750. The summed E-state index contributed by atoms with van der Waals surface area (Å²) in [6, 6.07) is 7.39. The van der Waals surface area contributed by atoms with Gasteiger partial charge in [-0.05, 0) is 30.5 Å². The molecule has 1 aromatic carbocycles. The van der Waals surface area contributed by atoms with Crippen molar-refractivity contribution in [2.24, 2.45) is 7.05 Å². The molecule has 6 nitrogen and oxygen atoms in total. The maximum absolute atomic E-state index is 12.7. The van der Waals surface area contributed by atoms with Crippen molar-refractivity contribution in [1.29, 1.82) is 0 Å². The van der Waals surface area contributed by atoms with Gasteiger partial charge < -0.3 is 10.3 Å². The van der Waals surface area contributed by atoms with Crippen LogP contribution in [0.4, 0.5) is 5.69 Å². The van der Waals surface area contributed by atoms with E-state index in [4.69, 9.17) is 5.73 Å². The molecule has 21 heavy (non-hydrogen) atoms. The molecule has 0 aliphatic heterocycles. The number of benzene rings is 1. The monoisotopic (exact) mass is 306 g/mol. The molecule has 1 fully saturated rings. The summed E-state index contributed by atoms with van der Waals surface area (Å²) in [5.41, 5.74) is 7.29. The van der Waals surface area contributed by atoms with E-state index in [-0.39, 0.29) is 11.1 Å². The standard InChI is InChI=1S/C14H18N4O2S/c1-17-9-14(16-10-17)21(19,20)18(13-5-6-13)8-11-3-2-4-12(15)7-11/h2-4,7,9-10,13H,5-6,8,15H2,1H3. The fourth-order valence-electron chi connectivity index (χ4n) is 2.29. The number of nitrogen functional groups attached to an aromatic ring is 1. The molecule has 1 aromatic heterocycles. The summed E-state index contributed by atoms with van der Waals surface area (Å²) < 4.78 is 28.6. The Hall–Kier alpha value is -1.86. The number of nitrogens with two attached hydrogens (primary N) is 1. The van der Waals surface area contributed by atoms with Crippen LogP contribution in [0.1, 0.15) is 18.4 Å². The summed E-state index contributed by atoms with van der Waals surface area (Å²) >= 11 is 0. The van der Waals surface area contributed by atoms with Crippen molar-refractivity contribution in [3.63, 3.8) is 0 Å². The van der Waals surface area contributed by atoms with E-state index < -0.39 is 10.0 Å². The third-order valence-electron chi connectivity index (χ3n) is 3.50. The highest BCUT2D eigenvalue weighted by atomic mass is 32.2. The Morgan fingerprint density at radius 3 is 2.76 bits per heavy atom. The molecule has 1 heterocycles. The number of hydrogen-bond donors (Lipinski definition) is 1. The summed E-state index contributed by atoms with van der Waals surface area (Å²) in [6.45, 7) is 0.328. The van der Waals surface area contributed by atoms with Crippen LogP contribution < -0.4 is 5.73 Å². The van der Waals surface area contributed by atoms with Gasteiger partial charge in [0.25, 0.3) is 10.0 Å². The quantitative estimate of drug-likeness (QED) is 0.846. The lowest BCUT2D eigenvalue weighted by molar-refractivity contribution is 0.397. The highest BCUT2D eigenvalue weighted by Gasteiger charge is 2.39. The van der Waals surface area contributed by atoms with E-state index in [1.54, 1.807) is 17.7 Å². The molecule has 1 aliphatic rings. The smallest absolute Gasteiger partial charge is 0.262 e. The lowest BCUT2D eigenvalue weighted by atomic mass is 10.2. The molecule has 0 bridgehead atoms. The summed E-state index contributed by atoms with van der Waals surface area (Å²) in [4.78, 5) is 3.99. The van der Waals surface area contributed by atoms with Crippen LogP contribution in [-0.2, 0) is 23.6 Å². The Morgan fingerprint density at radius 1 is 1.43 bits per heavy atom. The molecule has 0 amide bonds. The van der Waals surface area contributed by atoms with Crippen molar-refractivity contribution in [1.82, 2.24) is 13.9 Å². The summed E-state index contributed by atoms with van der Waals surface area (Å²) in [7, 11) is -1.81. The van der Waals surface area contributed by atoms with Gasteiger partial charge in [-0.1, -0.05) is 12.1 Å². The van der Waals surface area contributed by atoms with Crippen molar-refractivity contribution >= 4 is 15.7 Å². The van der Waals surface area contributed by atoms with Crippen LogP contribution in [-0.4, -0.2) is 28.3 Å². The SMILES string of the molecule is Cn1cnc(S(=O)(=O)N(Cc2cccc(N)c2)C2CC2)c1. The van der Waals surface area contributed by atoms with Gasteiger partial charge in [-0.15, -0.1) is 0 Å². The first-order valence-electron chi connectivity index (χ1n) is 6.81. The summed E-state index contributed by atoms with van der Waals surface area (Å²) in [5, 5.41) is 0.0980. The lowest BCUT2D eigenvalue weighted by Gasteiger charge is -2.20. The number of sulfonamides is 1. The zero-order chi connectivity index (χ0) is 15.0. The first-order valence-corrected chi connectivity index (χ1v) is 8.25. The highest BCUT2D eigenvalue weighted by Crippen LogP contribution is 2.33. The van der Waals surface area contributed by atoms with E-state index in [1.165, 1.54) is 16.8 Å². The average molecular weight is 306 g/mol. The van der Waals surface area contributed by atoms with E-state index in [1.807, 2.05) is 18.2 Å². The molecule has 112 valence electrons. The van der Waals surface area contributed by atoms with Crippen LogP contribution in [0.2, 0.25) is 0 Å². The largest absolute Gasteiger partial charge is 0.399 e. The van der Waals surface area contributed by atoms with Gasteiger partial charge in [-0.2, -0.15) is 4.31 Å². The maximum atomic E-state index is 12.7. The molecule has 2 N–H and O–H groups in total. The van der Waals surface area contributed by atoms with Gasteiger partial charge in [-0.25, -0.2) is 13.4 Å². The maximum Gasteiger partial charge on any atom is 0.262 e. The number of aryl methyl sites for hydroxylation is 1. The van der Waals surface area contributed by atoms with E-state index in [0.29, 0.717) is 12.2 Å². The van der Waals surface area contributed by atoms with Gasteiger partial charge >= 0.3 is 0 Å². The number of hydrogen-bond acceptors (Lipinski definition) is 4. The van der Waals surface area contributed by atoms with Crippen LogP contribution >= 0.6 is 0 Å². The summed E-state index contributed by atoms with van der Waals surface area (Å²) in [5.74, 6) is 0. The number of anilines is 1. The highest BCUT2D eigenvalue weighted by molar-refractivity contribution is 7.89. The molecule has 0 atom stereocenters. The predicted molar refractivity (Wildman–Crippen MR) is 79.8 cm³/mol. The molecular formula is C14H18N4O2S. The molecule has 2 aromatic rings. The minimum absolute atomic E-state index is 0.0680. The second-order valence-electron chi connectivity index (χ2n) is 5.40. The molecule has 3 rings (SSSR count). The van der Waals surface area contributed by atoms with Crippen molar-refractivity contribution in [2.45, 2.75) is 30.5 Å². The number of rotatable bonds is 5. The van der Waals surface area contributed by atoms with Gasteiger partial charge in [0.2, 0.25) is 0 Å². The minimum atomic E-state index is -3.57. The fraction of sp³-hybridized carbons (Fsp3) is 0.357. The molecule has 0 unspecified atom stereocenters. The zero-order valence-corrected chi connectivity index (χ0v) is 12.6. The van der Waals surface area contributed by atoms with E-state index in [2.05, 4.69) is 4.98 Å². The minimum Gasteiger partial charge on any atom is -0.399 e. The second-order valence-corrected chi connectivity index (χ2v) is 7.24. The first-order chi connectivity index (χ1) is 9.96.